The lowest BCUT2D eigenvalue weighted by Gasteiger charge is -2.16. The molecule has 0 fully saturated rings. The molecule has 1 atom stereocenters. The number of aromatic nitrogens is 2. The summed E-state index contributed by atoms with van der Waals surface area (Å²) in [6, 6.07) is 0. The van der Waals surface area contributed by atoms with Gasteiger partial charge in [-0.3, -0.25) is 4.68 Å². The highest BCUT2D eigenvalue weighted by Crippen LogP contribution is 2.29. The largest absolute Gasteiger partial charge is 0.385 e. The molecular formula is C9H12BrClF2N2O. The Balaban J connectivity index is 2.96. The molecule has 3 nitrogen and oxygen atoms in total. The molecule has 1 heterocycles. The third-order valence-corrected chi connectivity index (χ3v) is 3.50. The molecule has 1 aromatic rings. The number of halogens is 4. The maximum absolute atomic E-state index is 12.6. The highest BCUT2D eigenvalue weighted by molar-refractivity contribution is 9.10. The van der Waals surface area contributed by atoms with Crippen LogP contribution in [0.25, 0.3) is 0 Å². The van der Waals surface area contributed by atoms with Crippen LogP contribution < -0.4 is 0 Å². The summed E-state index contributed by atoms with van der Waals surface area (Å²) in [5.74, 6) is 0. The van der Waals surface area contributed by atoms with E-state index in [0.29, 0.717) is 22.4 Å². The number of nitrogens with zero attached hydrogens (tertiary/aromatic N) is 2. The van der Waals surface area contributed by atoms with E-state index < -0.39 is 11.5 Å². The predicted molar refractivity (Wildman–Crippen MR) is 60.8 cm³/mol. The van der Waals surface area contributed by atoms with Gasteiger partial charge in [-0.05, 0) is 41.4 Å². The molecule has 92 valence electrons. The Hall–Kier alpha value is -0.200. The minimum atomic E-state index is -3.63. The SMILES string of the molecule is CCn1nc(C)c(Br)c1CC(O)C(F)(F)Cl. The van der Waals surface area contributed by atoms with Crippen molar-refractivity contribution >= 4 is 27.5 Å². The molecule has 1 unspecified atom stereocenters. The highest BCUT2D eigenvalue weighted by atomic mass is 79.9. The van der Waals surface area contributed by atoms with Gasteiger partial charge in [0.05, 0.1) is 15.9 Å². The third kappa shape index (κ3) is 2.93. The molecule has 1 aromatic heterocycles. The van der Waals surface area contributed by atoms with Crippen LogP contribution >= 0.6 is 27.5 Å². The van der Waals surface area contributed by atoms with Crippen LogP contribution in [0.4, 0.5) is 8.78 Å². The fourth-order valence-electron chi connectivity index (χ4n) is 1.36. The summed E-state index contributed by atoms with van der Waals surface area (Å²) in [6.07, 6.45) is -2.17. The van der Waals surface area contributed by atoms with E-state index in [1.54, 1.807) is 11.6 Å². The fraction of sp³-hybridized carbons (Fsp3) is 0.667. The zero-order valence-electron chi connectivity index (χ0n) is 8.85. The van der Waals surface area contributed by atoms with Gasteiger partial charge in [0.25, 0.3) is 0 Å². The minimum absolute atomic E-state index is 0.244. The van der Waals surface area contributed by atoms with Crippen LogP contribution in [-0.4, -0.2) is 26.4 Å². The summed E-state index contributed by atoms with van der Waals surface area (Å²) in [7, 11) is 0. The van der Waals surface area contributed by atoms with E-state index in [1.165, 1.54) is 0 Å². The first-order valence-electron chi connectivity index (χ1n) is 4.74. The van der Waals surface area contributed by atoms with Crippen molar-refractivity contribution in [1.82, 2.24) is 9.78 Å². The average Bonchev–Trinajstić information content (AvgIpc) is 2.44. The van der Waals surface area contributed by atoms with Crippen molar-refractivity contribution < 1.29 is 13.9 Å². The minimum Gasteiger partial charge on any atom is -0.385 e. The second-order valence-electron chi connectivity index (χ2n) is 3.42. The molecule has 0 saturated carbocycles. The van der Waals surface area contributed by atoms with E-state index in [4.69, 9.17) is 11.6 Å². The van der Waals surface area contributed by atoms with Crippen LogP contribution in [0, 0.1) is 6.92 Å². The first-order chi connectivity index (χ1) is 7.27. The van der Waals surface area contributed by atoms with Crippen LogP contribution in [0.3, 0.4) is 0 Å². The fourth-order valence-corrected chi connectivity index (χ4v) is 1.89. The van der Waals surface area contributed by atoms with Crippen molar-refractivity contribution in [2.24, 2.45) is 0 Å². The van der Waals surface area contributed by atoms with Gasteiger partial charge < -0.3 is 5.11 Å². The smallest absolute Gasteiger partial charge is 0.347 e. The number of aliphatic hydroxyl groups excluding tert-OH is 1. The highest BCUT2D eigenvalue weighted by Gasteiger charge is 2.36. The summed E-state index contributed by atoms with van der Waals surface area (Å²) in [5, 5.41) is 9.75. The van der Waals surface area contributed by atoms with Crippen LogP contribution in [0.15, 0.2) is 4.47 Å². The van der Waals surface area contributed by atoms with Crippen molar-refractivity contribution in [2.45, 2.75) is 38.3 Å². The Labute approximate surface area is 106 Å². The van der Waals surface area contributed by atoms with Gasteiger partial charge in [-0.1, -0.05) is 0 Å². The van der Waals surface area contributed by atoms with E-state index in [0.717, 1.165) is 0 Å². The normalized spacial score (nSPS) is 14.2. The van der Waals surface area contributed by atoms with Crippen LogP contribution in [-0.2, 0) is 13.0 Å². The zero-order valence-corrected chi connectivity index (χ0v) is 11.2. The molecule has 1 N–H and O–H groups in total. The van der Waals surface area contributed by atoms with E-state index in [2.05, 4.69) is 21.0 Å². The quantitative estimate of drug-likeness (QED) is 0.867. The molecular weight excluding hydrogens is 305 g/mol. The molecule has 0 aliphatic rings. The number of rotatable bonds is 4. The van der Waals surface area contributed by atoms with Gasteiger partial charge in [-0.25, -0.2) is 0 Å². The molecule has 0 amide bonds. The van der Waals surface area contributed by atoms with Crippen molar-refractivity contribution in [3.63, 3.8) is 0 Å². The Kier molecular flexibility index (Phi) is 4.31. The maximum Gasteiger partial charge on any atom is 0.347 e. The lowest BCUT2D eigenvalue weighted by Crippen LogP contribution is -2.30. The Morgan fingerprint density at radius 3 is 2.62 bits per heavy atom. The topological polar surface area (TPSA) is 38.0 Å². The van der Waals surface area contributed by atoms with Crippen LogP contribution in [0.1, 0.15) is 18.3 Å². The molecule has 16 heavy (non-hydrogen) atoms. The Bertz CT molecular complexity index is 378. The Morgan fingerprint density at radius 2 is 2.19 bits per heavy atom. The number of hydrogen-bond acceptors (Lipinski definition) is 2. The molecule has 0 saturated heterocycles. The monoisotopic (exact) mass is 316 g/mol. The lowest BCUT2D eigenvalue weighted by atomic mass is 10.2. The molecule has 1 rings (SSSR count). The summed E-state index contributed by atoms with van der Waals surface area (Å²) in [6.45, 7) is 4.14. The summed E-state index contributed by atoms with van der Waals surface area (Å²) >= 11 is 8.01. The summed E-state index contributed by atoms with van der Waals surface area (Å²) in [4.78, 5) is 0. The molecule has 0 aliphatic carbocycles. The molecule has 7 heteroatoms. The van der Waals surface area contributed by atoms with E-state index in [1.807, 2.05) is 6.92 Å². The first kappa shape index (κ1) is 13.9. The molecule has 0 aliphatic heterocycles. The number of alkyl halides is 3. The van der Waals surface area contributed by atoms with Gasteiger partial charge >= 0.3 is 5.38 Å². The summed E-state index contributed by atoms with van der Waals surface area (Å²) in [5.41, 5.74) is 1.22. The Morgan fingerprint density at radius 1 is 1.62 bits per heavy atom. The van der Waals surface area contributed by atoms with Gasteiger partial charge in [0.2, 0.25) is 0 Å². The maximum atomic E-state index is 12.6. The second kappa shape index (κ2) is 4.98. The lowest BCUT2D eigenvalue weighted by molar-refractivity contribution is -0.0407. The summed E-state index contributed by atoms with van der Waals surface area (Å²) < 4.78 is 27.5. The second-order valence-corrected chi connectivity index (χ2v) is 4.72. The van der Waals surface area contributed by atoms with Crippen molar-refractivity contribution in [1.29, 1.82) is 0 Å². The van der Waals surface area contributed by atoms with Gasteiger partial charge in [0, 0.05) is 13.0 Å². The van der Waals surface area contributed by atoms with Crippen LogP contribution in [0.5, 0.6) is 0 Å². The first-order valence-corrected chi connectivity index (χ1v) is 5.91. The van der Waals surface area contributed by atoms with Crippen molar-refractivity contribution in [2.75, 3.05) is 0 Å². The molecule has 0 radical (unpaired) electrons. The standard InChI is InChI=1S/C9H12BrClF2N2O/c1-3-15-6(8(10)5(2)14-15)4-7(16)9(11,12)13/h7,16H,3-4H2,1-2H3. The van der Waals surface area contributed by atoms with Crippen LogP contribution in [0.2, 0.25) is 0 Å². The number of hydrogen-bond donors (Lipinski definition) is 1. The number of aliphatic hydroxyl groups is 1. The molecule has 0 spiro atoms. The van der Waals surface area contributed by atoms with Crippen molar-refractivity contribution in [3.05, 3.63) is 15.9 Å². The van der Waals surface area contributed by atoms with Gasteiger partial charge in [0.1, 0.15) is 6.10 Å². The van der Waals surface area contributed by atoms with E-state index >= 15 is 0 Å². The van der Waals surface area contributed by atoms with Gasteiger partial charge in [0.15, 0.2) is 0 Å². The van der Waals surface area contributed by atoms with E-state index in [9.17, 15) is 13.9 Å². The van der Waals surface area contributed by atoms with Gasteiger partial charge in [-0.15, -0.1) is 0 Å². The third-order valence-electron chi connectivity index (χ3n) is 2.22. The average molecular weight is 318 g/mol. The molecule has 0 aromatic carbocycles. The zero-order chi connectivity index (χ0) is 12.5. The number of aryl methyl sites for hydroxylation is 2. The predicted octanol–water partition coefficient (Wildman–Crippen LogP) is 2.71. The van der Waals surface area contributed by atoms with Gasteiger partial charge in [-0.2, -0.15) is 13.9 Å². The van der Waals surface area contributed by atoms with Crippen molar-refractivity contribution in [3.8, 4) is 0 Å². The molecule has 0 bridgehead atoms. The van der Waals surface area contributed by atoms with E-state index in [-0.39, 0.29) is 6.42 Å².